The zero-order valence-corrected chi connectivity index (χ0v) is 9.03. The summed E-state index contributed by atoms with van der Waals surface area (Å²) in [5.74, 6) is -0.395. The van der Waals surface area contributed by atoms with Crippen LogP contribution in [-0.4, -0.2) is 15.9 Å². The second kappa shape index (κ2) is 4.18. The van der Waals surface area contributed by atoms with Crippen LogP contribution in [0.3, 0.4) is 0 Å². The highest BCUT2D eigenvalue weighted by atomic mass is 16.1. The normalized spacial score (nSPS) is 10.3. The molecule has 3 N–H and O–H groups in total. The molecule has 0 aromatic carbocycles. The Bertz CT molecular complexity index is 502. The maximum absolute atomic E-state index is 11.2. The summed E-state index contributed by atoms with van der Waals surface area (Å²) in [6, 6.07) is 5.56. The highest BCUT2D eigenvalue weighted by molar-refractivity contribution is 5.95. The van der Waals surface area contributed by atoms with Crippen LogP contribution in [0.2, 0.25) is 0 Å². The molecule has 0 aliphatic carbocycles. The zero-order chi connectivity index (χ0) is 11.5. The van der Waals surface area contributed by atoms with Gasteiger partial charge < -0.3 is 10.7 Å². The Labute approximate surface area is 93.5 Å². The van der Waals surface area contributed by atoms with Crippen LogP contribution in [0.5, 0.6) is 0 Å². The quantitative estimate of drug-likeness (QED) is 0.818. The average molecular weight is 215 g/mol. The molecule has 4 nitrogen and oxygen atoms in total. The monoisotopic (exact) mass is 215 g/mol. The molecule has 0 saturated heterocycles. The lowest BCUT2D eigenvalue weighted by Gasteiger charge is -1.96. The maximum Gasteiger partial charge on any atom is 0.250 e. The van der Waals surface area contributed by atoms with Crippen molar-refractivity contribution < 1.29 is 4.79 Å². The highest BCUT2D eigenvalue weighted by Crippen LogP contribution is 2.21. The maximum atomic E-state index is 11.2. The lowest BCUT2D eigenvalue weighted by atomic mass is 10.1. The minimum atomic E-state index is -0.395. The summed E-state index contributed by atoms with van der Waals surface area (Å²) in [5, 5.41) is 0. The third kappa shape index (κ3) is 1.82. The molecule has 0 aliphatic heterocycles. The highest BCUT2D eigenvalue weighted by Gasteiger charge is 2.11. The van der Waals surface area contributed by atoms with E-state index in [0.29, 0.717) is 5.56 Å². The van der Waals surface area contributed by atoms with Crippen LogP contribution in [-0.2, 0) is 6.42 Å². The molecule has 0 saturated carbocycles. The number of hydrogen-bond donors (Lipinski definition) is 2. The van der Waals surface area contributed by atoms with Crippen LogP contribution < -0.4 is 5.73 Å². The Morgan fingerprint density at radius 1 is 1.44 bits per heavy atom. The number of carbonyl (C=O) groups excluding carboxylic acids is 1. The molecule has 2 rings (SSSR count). The number of nitrogens with two attached hydrogens (primary N) is 1. The summed E-state index contributed by atoms with van der Waals surface area (Å²) in [4.78, 5) is 18.4. The molecule has 82 valence electrons. The van der Waals surface area contributed by atoms with Crippen molar-refractivity contribution in [2.45, 2.75) is 13.3 Å². The Morgan fingerprint density at radius 3 is 2.62 bits per heavy atom. The fraction of sp³-hybridized carbons (Fsp3) is 0.167. The van der Waals surface area contributed by atoms with Crippen LogP contribution in [0.15, 0.2) is 30.6 Å². The Morgan fingerprint density at radius 2 is 2.12 bits per heavy atom. The van der Waals surface area contributed by atoms with Gasteiger partial charge in [0.05, 0.1) is 5.56 Å². The molecule has 2 aromatic heterocycles. The van der Waals surface area contributed by atoms with Crippen molar-refractivity contribution >= 4 is 5.91 Å². The molecule has 0 radical (unpaired) electrons. The topological polar surface area (TPSA) is 71.8 Å². The van der Waals surface area contributed by atoms with Gasteiger partial charge in [-0.15, -0.1) is 0 Å². The first kappa shape index (κ1) is 10.4. The van der Waals surface area contributed by atoms with Crippen LogP contribution in [0.25, 0.3) is 11.3 Å². The van der Waals surface area contributed by atoms with E-state index in [9.17, 15) is 4.79 Å². The van der Waals surface area contributed by atoms with Gasteiger partial charge in [0.1, 0.15) is 0 Å². The van der Waals surface area contributed by atoms with Crippen LogP contribution in [0, 0.1) is 0 Å². The summed E-state index contributed by atoms with van der Waals surface area (Å²) >= 11 is 0. The first-order chi connectivity index (χ1) is 7.72. The summed E-state index contributed by atoms with van der Waals surface area (Å²) in [6.45, 7) is 1.98. The molecule has 0 bridgehead atoms. The number of primary amides is 1. The van der Waals surface area contributed by atoms with Gasteiger partial charge in [-0.2, -0.15) is 0 Å². The number of amides is 1. The molecule has 1 amide bonds. The second-order valence-electron chi connectivity index (χ2n) is 3.53. The number of H-pyrrole nitrogens is 1. The smallest absolute Gasteiger partial charge is 0.250 e. The number of rotatable bonds is 3. The van der Waals surface area contributed by atoms with Gasteiger partial charge in [0.2, 0.25) is 0 Å². The van der Waals surface area contributed by atoms with Crippen LogP contribution in [0.4, 0.5) is 0 Å². The Kier molecular flexibility index (Phi) is 2.72. The minimum absolute atomic E-state index is 0.395. The summed E-state index contributed by atoms with van der Waals surface area (Å²) in [6.07, 6.45) is 4.18. The second-order valence-corrected chi connectivity index (χ2v) is 3.53. The van der Waals surface area contributed by atoms with E-state index in [2.05, 4.69) is 9.97 Å². The fourth-order valence-electron chi connectivity index (χ4n) is 1.68. The van der Waals surface area contributed by atoms with Gasteiger partial charge in [0.15, 0.2) is 0 Å². The van der Waals surface area contributed by atoms with Crippen molar-refractivity contribution in [1.29, 1.82) is 0 Å². The van der Waals surface area contributed by atoms with Gasteiger partial charge in [-0.25, -0.2) is 0 Å². The van der Waals surface area contributed by atoms with Crippen molar-refractivity contribution in [3.63, 3.8) is 0 Å². The first-order valence-electron chi connectivity index (χ1n) is 5.14. The fourth-order valence-corrected chi connectivity index (χ4v) is 1.68. The van der Waals surface area contributed by atoms with E-state index in [0.717, 1.165) is 23.4 Å². The molecular weight excluding hydrogens is 202 g/mol. The van der Waals surface area contributed by atoms with E-state index < -0.39 is 5.91 Å². The van der Waals surface area contributed by atoms with Gasteiger partial charge in [0, 0.05) is 29.3 Å². The van der Waals surface area contributed by atoms with Gasteiger partial charge >= 0.3 is 0 Å². The van der Waals surface area contributed by atoms with Gasteiger partial charge in [0.25, 0.3) is 5.91 Å². The molecule has 0 aliphatic rings. The third-order valence-corrected chi connectivity index (χ3v) is 2.51. The van der Waals surface area contributed by atoms with E-state index in [4.69, 9.17) is 5.73 Å². The van der Waals surface area contributed by atoms with Crippen LogP contribution in [0.1, 0.15) is 23.0 Å². The third-order valence-electron chi connectivity index (χ3n) is 2.51. The number of aromatic nitrogens is 2. The molecule has 16 heavy (non-hydrogen) atoms. The number of nitrogens with one attached hydrogen (secondary N) is 1. The number of aromatic amines is 1. The number of pyridine rings is 1. The summed E-state index contributed by atoms with van der Waals surface area (Å²) in [7, 11) is 0. The van der Waals surface area contributed by atoms with Crippen molar-refractivity contribution in [2.75, 3.05) is 0 Å². The van der Waals surface area contributed by atoms with Gasteiger partial charge in [-0.1, -0.05) is 6.92 Å². The zero-order valence-electron chi connectivity index (χ0n) is 9.03. The van der Waals surface area contributed by atoms with E-state index in [-0.39, 0.29) is 0 Å². The molecule has 4 heteroatoms. The minimum Gasteiger partial charge on any atom is -0.366 e. The first-order valence-corrected chi connectivity index (χ1v) is 5.14. The lowest BCUT2D eigenvalue weighted by molar-refractivity contribution is 0.0999. The predicted molar refractivity (Wildman–Crippen MR) is 61.9 cm³/mol. The molecule has 0 fully saturated rings. The summed E-state index contributed by atoms with van der Waals surface area (Å²) in [5.41, 5.74) is 8.64. The molecule has 0 spiro atoms. The van der Waals surface area contributed by atoms with Gasteiger partial charge in [-0.05, 0) is 24.6 Å². The SMILES string of the molecule is CCc1[nH]c(-c2ccncc2)cc1C(N)=O. The number of hydrogen-bond acceptors (Lipinski definition) is 2. The molecule has 2 aromatic rings. The molecule has 0 atom stereocenters. The van der Waals surface area contributed by atoms with Crippen molar-refractivity contribution in [1.82, 2.24) is 9.97 Å². The van der Waals surface area contributed by atoms with Crippen LogP contribution >= 0.6 is 0 Å². The predicted octanol–water partition coefficient (Wildman–Crippen LogP) is 1.74. The van der Waals surface area contributed by atoms with E-state index in [1.165, 1.54) is 0 Å². The van der Waals surface area contributed by atoms with E-state index in [1.807, 2.05) is 19.1 Å². The van der Waals surface area contributed by atoms with Gasteiger partial charge in [-0.3, -0.25) is 9.78 Å². The number of carbonyl (C=O) groups is 1. The lowest BCUT2D eigenvalue weighted by Crippen LogP contribution is -2.11. The Balaban J connectivity index is 2.48. The van der Waals surface area contributed by atoms with E-state index in [1.54, 1.807) is 18.5 Å². The number of aryl methyl sites for hydroxylation is 1. The van der Waals surface area contributed by atoms with E-state index >= 15 is 0 Å². The average Bonchev–Trinajstić information content (AvgIpc) is 2.74. The number of nitrogens with zero attached hydrogens (tertiary/aromatic N) is 1. The largest absolute Gasteiger partial charge is 0.366 e. The standard InChI is InChI=1S/C12H13N3O/c1-2-10-9(12(13)16)7-11(15-10)8-3-5-14-6-4-8/h3-7,15H,2H2,1H3,(H2,13,16). The van der Waals surface area contributed by atoms with Crippen molar-refractivity contribution in [2.24, 2.45) is 5.73 Å². The molecular formula is C12H13N3O. The Hall–Kier alpha value is -2.10. The van der Waals surface area contributed by atoms with Crippen molar-refractivity contribution in [3.8, 4) is 11.3 Å². The molecule has 0 unspecified atom stereocenters. The van der Waals surface area contributed by atoms with Crippen molar-refractivity contribution in [3.05, 3.63) is 41.9 Å². The molecule has 2 heterocycles. The summed E-state index contributed by atoms with van der Waals surface area (Å²) < 4.78 is 0.